The molecule has 0 saturated heterocycles. The van der Waals surface area contributed by atoms with E-state index in [-0.39, 0.29) is 11.1 Å². The number of ether oxygens (including phenoxy) is 1. The Labute approximate surface area is 181 Å². The molecule has 1 unspecified atom stereocenters. The summed E-state index contributed by atoms with van der Waals surface area (Å²) in [5, 5.41) is 11.1. The fourth-order valence-electron chi connectivity index (χ4n) is 2.80. The summed E-state index contributed by atoms with van der Waals surface area (Å²) in [7, 11) is 0. The van der Waals surface area contributed by atoms with Gasteiger partial charge in [-0.2, -0.15) is 13.2 Å². The third-order valence-corrected chi connectivity index (χ3v) is 4.72. The van der Waals surface area contributed by atoms with Crippen LogP contribution in [0.2, 0.25) is 5.02 Å². The first-order chi connectivity index (χ1) is 14.8. The second-order valence-corrected chi connectivity index (χ2v) is 6.99. The molecule has 0 amide bonds. The summed E-state index contributed by atoms with van der Waals surface area (Å²) in [5.41, 5.74) is 0.00226. The van der Waals surface area contributed by atoms with Gasteiger partial charge in [0.05, 0.1) is 11.1 Å². The number of aromatic nitrogens is 1. The Morgan fingerprint density at radius 3 is 2.58 bits per heavy atom. The van der Waals surface area contributed by atoms with Gasteiger partial charge >= 0.3 is 12.1 Å². The maximum atomic E-state index is 12.9. The van der Waals surface area contributed by atoms with Crippen LogP contribution in [0.4, 0.5) is 13.2 Å². The number of alkyl halides is 3. The van der Waals surface area contributed by atoms with Gasteiger partial charge in [-0.15, -0.1) is 0 Å². The molecule has 160 valence electrons. The minimum absolute atomic E-state index is 0.131. The molecule has 1 aromatic heterocycles. The summed E-state index contributed by atoms with van der Waals surface area (Å²) in [5.74, 6) is -0.895. The highest BCUT2D eigenvalue weighted by Crippen LogP contribution is 2.30. The van der Waals surface area contributed by atoms with Crippen molar-refractivity contribution in [3.8, 4) is 0 Å². The number of esters is 1. The number of benzene rings is 2. The smallest absolute Gasteiger partial charge is 0.416 e. The van der Waals surface area contributed by atoms with E-state index >= 15 is 0 Å². The average Bonchev–Trinajstić information content (AvgIpc) is 2.77. The number of aliphatic hydroxyl groups excluding tert-OH is 1. The van der Waals surface area contributed by atoms with Crippen molar-refractivity contribution >= 4 is 23.6 Å². The lowest BCUT2D eigenvalue weighted by molar-refractivity contribution is -0.141. The molecular formula is C23H17ClF3NO3. The lowest BCUT2D eigenvalue weighted by atomic mass is 10.0. The number of nitrogens with zero attached hydrogens (tertiary/aromatic N) is 1. The molecule has 4 nitrogen and oxygen atoms in total. The van der Waals surface area contributed by atoms with Crippen molar-refractivity contribution in [1.82, 2.24) is 4.98 Å². The molecule has 1 N–H and O–H groups in total. The predicted molar refractivity (Wildman–Crippen MR) is 110 cm³/mol. The third kappa shape index (κ3) is 5.93. The Morgan fingerprint density at radius 2 is 1.90 bits per heavy atom. The topological polar surface area (TPSA) is 59.4 Å². The van der Waals surface area contributed by atoms with Gasteiger partial charge in [-0.05, 0) is 41.5 Å². The molecule has 0 aliphatic rings. The van der Waals surface area contributed by atoms with Gasteiger partial charge in [0.1, 0.15) is 12.7 Å². The van der Waals surface area contributed by atoms with Crippen LogP contribution in [0.15, 0.2) is 78.6 Å². The van der Waals surface area contributed by atoms with Crippen LogP contribution in [0.5, 0.6) is 0 Å². The molecule has 8 heteroatoms. The van der Waals surface area contributed by atoms with Gasteiger partial charge in [0.25, 0.3) is 0 Å². The number of carbonyl (C=O) groups is 1. The minimum Gasteiger partial charge on any atom is -0.457 e. The molecular weight excluding hydrogens is 431 g/mol. The summed E-state index contributed by atoms with van der Waals surface area (Å²) in [6.45, 7) is -0.400. The molecule has 0 spiro atoms. The van der Waals surface area contributed by atoms with Gasteiger partial charge in [0, 0.05) is 23.0 Å². The average molecular weight is 448 g/mol. The summed E-state index contributed by atoms with van der Waals surface area (Å²) < 4.78 is 43.9. The van der Waals surface area contributed by atoms with Gasteiger partial charge in [-0.3, -0.25) is 4.98 Å². The second kappa shape index (κ2) is 9.76. The first-order valence-electron chi connectivity index (χ1n) is 9.13. The molecule has 2 aromatic carbocycles. The number of pyridine rings is 1. The largest absolute Gasteiger partial charge is 0.457 e. The van der Waals surface area contributed by atoms with Crippen LogP contribution in [0, 0.1) is 0 Å². The summed E-state index contributed by atoms with van der Waals surface area (Å²) in [4.78, 5) is 16.7. The Kier molecular flexibility index (Phi) is 7.09. The van der Waals surface area contributed by atoms with Crippen molar-refractivity contribution < 1.29 is 27.8 Å². The Morgan fingerprint density at radius 1 is 1.13 bits per heavy atom. The number of aliphatic hydroxyl groups is 1. The summed E-state index contributed by atoms with van der Waals surface area (Å²) in [6, 6.07) is 14.4. The lowest BCUT2D eigenvalue weighted by Crippen LogP contribution is -2.15. The highest BCUT2D eigenvalue weighted by Gasteiger charge is 2.30. The molecule has 1 atom stereocenters. The minimum atomic E-state index is -4.51. The van der Waals surface area contributed by atoms with Crippen LogP contribution in [0.25, 0.3) is 6.08 Å². The zero-order valence-electron chi connectivity index (χ0n) is 16.0. The van der Waals surface area contributed by atoms with E-state index in [4.69, 9.17) is 16.3 Å². The second-order valence-electron chi connectivity index (χ2n) is 6.58. The van der Waals surface area contributed by atoms with Crippen LogP contribution in [0.3, 0.4) is 0 Å². The molecule has 0 fully saturated rings. The van der Waals surface area contributed by atoms with Gasteiger partial charge in [-0.25, -0.2) is 4.79 Å². The molecule has 3 aromatic rings. The van der Waals surface area contributed by atoms with E-state index in [0.717, 1.165) is 12.1 Å². The van der Waals surface area contributed by atoms with Crippen molar-refractivity contribution in [3.63, 3.8) is 0 Å². The van der Waals surface area contributed by atoms with Crippen molar-refractivity contribution in [3.05, 3.63) is 106 Å². The maximum absolute atomic E-state index is 12.9. The van der Waals surface area contributed by atoms with Gasteiger partial charge < -0.3 is 9.84 Å². The first kappa shape index (κ1) is 22.5. The molecule has 0 saturated carbocycles. The Hall–Kier alpha value is -3.16. The number of hydrogen-bond donors (Lipinski definition) is 1. The van der Waals surface area contributed by atoms with Crippen molar-refractivity contribution in [2.24, 2.45) is 0 Å². The molecule has 1 heterocycles. The van der Waals surface area contributed by atoms with Crippen LogP contribution in [-0.4, -0.2) is 16.1 Å². The quantitative estimate of drug-likeness (QED) is 0.394. The number of hydrogen-bond acceptors (Lipinski definition) is 4. The Balaban J connectivity index is 1.87. The van der Waals surface area contributed by atoms with Crippen molar-refractivity contribution in [2.75, 3.05) is 0 Å². The zero-order valence-corrected chi connectivity index (χ0v) is 16.8. The van der Waals surface area contributed by atoms with Crippen LogP contribution >= 0.6 is 11.6 Å². The van der Waals surface area contributed by atoms with Gasteiger partial charge in [-0.1, -0.05) is 48.0 Å². The standard InChI is InChI=1S/C23H17ClF3NO3/c24-20-9-2-1-6-16(20)12-19(21(29)17-7-4-10-28-13-17)22(30)31-14-15-5-3-8-18(11-15)23(25,26)27/h1-13,21,29H,14H2/b19-12-. The fourth-order valence-corrected chi connectivity index (χ4v) is 2.99. The molecule has 0 radical (unpaired) electrons. The molecule has 0 aliphatic carbocycles. The number of halogens is 4. The molecule has 0 aliphatic heterocycles. The van der Waals surface area contributed by atoms with Crippen LogP contribution in [-0.2, 0) is 22.3 Å². The number of rotatable bonds is 6. The van der Waals surface area contributed by atoms with Crippen molar-refractivity contribution in [2.45, 2.75) is 18.9 Å². The summed E-state index contributed by atoms with van der Waals surface area (Å²) >= 11 is 6.16. The SMILES string of the molecule is O=C(OCc1cccc(C(F)(F)F)c1)/C(=C\c1ccccc1Cl)C(O)c1cccnc1. The highest BCUT2D eigenvalue weighted by molar-refractivity contribution is 6.32. The maximum Gasteiger partial charge on any atom is 0.416 e. The monoisotopic (exact) mass is 447 g/mol. The third-order valence-electron chi connectivity index (χ3n) is 4.37. The molecule has 3 rings (SSSR count). The normalized spacial score (nSPS) is 13.0. The van der Waals surface area contributed by atoms with E-state index in [1.54, 1.807) is 36.4 Å². The van der Waals surface area contributed by atoms with E-state index in [1.807, 2.05) is 0 Å². The van der Waals surface area contributed by atoms with Gasteiger partial charge in [0.2, 0.25) is 0 Å². The zero-order chi connectivity index (χ0) is 22.4. The summed E-state index contributed by atoms with van der Waals surface area (Å²) in [6.07, 6.45) is -1.59. The Bertz CT molecular complexity index is 1080. The van der Waals surface area contributed by atoms with Crippen molar-refractivity contribution in [1.29, 1.82) is 0 Å². The predicted octanol–water partition coefficient (Wildman–Crippen LogP) is 5.61. The fraction of sp³-hybridized carbons (Fsp3) is 0.130. The van der Waals surface area contributed by atoms with E-state index in [1.165, 1.54) is 30.6 Å². The highest BCUT2D eigenvalue weighted by atomic mass is 35.5. The van der Waals surface area contributed by atoms with E-state index < -0.39 is 30.4 Å². The molecule has 31 heavy (non-hydrogen) atoms. The lowest BCUT2D eigenvalue weighted by Gasteiger charge is -2.16. The van der Waals surface area contributed by atoms with E-state index in [2.05, 4.69) is 4.98 Å². The van der Waals surface area contributed by atoms with Gasteiger partial charge in [0.15, 0.2) is 0 Å². The van der Waals surface area contributed by atoms with Crippen LogP contribution < -0.4 is 0 Å². The van der Waals surface area contributed by atoms with E-state index in [9.17, 15) is 23.1 Å². The van der Waals surface area contributed by atoms with Crippen LogP contribution in [0.1, 0.15) is 28.4 Å². The first-order valence-corrected chi connectivity index (χ1v) is 9.51. The number of carbonyl (C=O) groups excluding carboxylic acids is 1. The van der Waals surface area contributed by atoms with E-state index in [0.29, 0.717) is 16.1 Å². The molecule has 0 bridgehead atoms.